The first-order valence-corrected chi connectivity index (χ1v) is 13.9. The van der Waals surface area contributed by atoms with Gasteiger partial charge in [-0.1, -0.05) is 42.5 Å². The van der Waals surface area contributed by atoms with Crippen molar-refractivity contribution in [2.75, 3.05) is 29.9 Å². The molecule has 1 spiro atoms. The van der Waals surface area contributed by atoms with Crippen LogP contribution in [0.4, 0.5) is 17.1 Å². The van der Waals surface area contributed by atoms with Crippen molar-refractivity contribution in [3.05, 3.63) is 113 Å². The van der Waals surface area contributed by atoms with Crippen LogP contribution in [0.15, 0.2) is 84.9 Å². The van der Waals surface area contributed by atoms with Gasteiger partial charge in [-0.05, 0) is 75.7 Å². The first kappa shape index (κ1) is 26.0. The van der Waals surface area contributed by atoms with E-state index in [1.165, 1.54) is 0 Å². The van der Waals surface area contributed by atoms with Crippen molar-refractivity contribution in [3.63, 3.8) is 0 Å². The Kier molecular flexibility index (Phi) is 6.72. The third-order valence-electron chi connectivity index (χ3n) is 7.79. The second kappa shape index (κ2) is 10.4. The Morgan fingerprint density at radius 1 is 0.900 bits per heavy atom. The lowest BCUT2D eigenvalue weighted by Gasteiger charge is -2.36. The molecule has 0 saturated heterocycles. The number of carbonyl (C=O) groups is 1. The highest BCUT2D eigenvalue weighted by molar-refractivity contribution is 5.97. The maximum Gasteiger partial charge on any atom is 0.340 e. The van der Waals surface area contributed by atoms with Crippen LogP contribution in [0.1, 0.15) is 53.4 Å². The molecule has 0 fully saturated rings. The highest BCUT2D eigenvalue weighted by Crippen LogP contribution is 2.56. The SMILES string of the molecule is CCOC(C)CN(CC)c1ccc(C)c(Nc2ccc3c(c2)C2(OC(=O)c4ccccc42)c2ccccc2O3)c1. The molecule has 40 heavy (non-hydrogen) atoms. The maximum absolute atomic E-state index is 13.1. The fraction of sp³-hybridized carbons (Fsp3) is 0.265. The van der Waals surface area contributed by atoms with Crippen molar-refractivity contribution in [2.45, 2.75) is 39.4 Å². The minimum Gasteiger partial charge on any atom is -0.456 e. The third-order valence-corrected chi connectivity index (χ3v) is 7.79. The Morgan fingerprint density at radius 2 is 1.65 bits per heavy atom. The number of hydrogen-bond acceptors (Lipinski definition) is 6. The summed E-state index contributed by atoms with van der Waals surface area (Å²) < 4.78 is 18.4. The van der Waals surface area contributed by atoms with Crippen LogP contribution in [0.2, 0.25) is 0 Å². The Balaban J connectivity index is 1.40. The first-order chi connectivity index (χ1) is 19.4. The summed E-state index contributed by atoms with van der Waals surface area (Å²) in [4.78, 5) is 15.5. The largest absolute Gasteiger partial charge is 0.456 e. The van der Waals surface area contributed by atoms with Gasteiger partial charge in [0.15, 0.2) is 5.60 Å². The highest BCUT2D eigenvalue weighted by atomic mass is 16.6. The van der Waals surface area contributed by atoms with Gasteiger partial charge in [0.1, 0.15) is 11.5 Å². The minimum atomic E-state index is -1.08. The lowest BCUT2D eigenvalue weighted by atomic mass is 9.77. The van der Waals surface area contributed by atoms with Gasteiger partial charge in [-0.15, -0.1) is 0 Å². The Hall–Kier alpha value is -4.29. The Morgan fingerprint density at radius 3 is 2.45 bits per heavy atom. The van der Waals surface area contributed by atoms with E-state index in [4.69, 9.17) is 14.2 Å². The number of nitrogens with one attached hydrogen (secondary N) is 1. The van der Waals surface area contributed by atoms with Gasteiger partial charge in [-0.2, -0.15) is 0 Å². The number of benzene rings is 4. The number of fused-ring (bicyclic) bond motifs is 6. The summed E-state index contributed by atoms with van der Waals surface area (Å²) in [6.07, 6.45) is 0.138. The molecule has 6 nitrogen and oxygen atoms in total. The summed E-state index contributed by atoms with van der Waals surface area (Å²) in [5.41, 5.74) is 6.09. The maximum atomic E-state index is 13.1. The topological polar surface area (TPSA) is 60.0 Å². The van der Waals surface area contributed by atoms with E-state index >= 15 is 0 Å². The molecule has 2 atom stereocenters. The molecule has 2 unspecified atom stereocenters. The number of rotatable bonds is 8. The van der Waals surface area contributed by atoms with Crippen LogP contribution in [0.25, 0.3) is 0 Å². The van der Waals surface area contributed by atoms with Gasteiger partial charge < -0.3 is 24.4 Å². The second-order valence-corrected chi connectivity index (χ2v) is 10.4. The van der Waals surface area contributed by atoms with Crippen LogP contribution in [-0.2, 0) is 15.1 Å². The van der Waals surface area contributed by atoms with Gasteiger partial charge in [0.05, 0.1) is 11.7 Å². The van der Waals surface area contributed by atoms with E-state index in [9.17, 15) is 4.79 Å². The lowest BCUT2D eigenvalue weighted by molar-refractivity contribution is 0.0224. The number of aryl methyl sites for hydroxylation is 1. The average Bonchev–Trinajstić information content (AvgIpc) is 3.26. The minimum absolute atomic E-state index is 0.138. The summed E-state index contributed by atoms with van der Waals surface area (Å²) in [5, 5.41) is 3.63. The zero-order chi connectivity index (χ0) is 27.9. The van der Waals surface area contributed by atoms with E-state index in [1.807, 2.05) is 73.7 Å². The van der Waals surface area contributed by atoms with Gasteiger partial charge >= 0.3 is 5.97 Å². The molecule has 2 aliphatic rings. The van der Waals surface area contributed by atoms with Gasteiger partial charge in [0.25, 0.3) is 0 Å². The fourth-order valence-electron chi connectivity index (χ4n) is 5.86. The zero-order valence-electron chi connectivity index (χ0n) is 23.4. The second-order valence-electron chi connectivity index (χ2n) is 10.4. The molecule has 6 rings (SSSR count). The number of anilines is 3. The molecule has 0 amide bonds. The average molecular weight is 535 g/mol. The van der Waals surface area contributed by atoms with Crippen molar-refractivity contribution in [1.29, 1.82) is 0 Å². The monoisotopic (exact) mass is 534 g/mol. The Bertz CT molecular complexity index is 1580. The molecule has 0 saturated carbocycles. The smallest absolute Gasteiger partial charge is 0.340 e. The van der Waals surface area contributed by atoms with Crippen LogP contribution in [0, 0.1) is 6.92 Å². The number of para-hydroxylation sites is 1. The molecule has 0 aromatic heterocycles. The van der Waals surface area contributed by atoms with Crippen LogP contribution in [0.3, 0.4) is 0 Å². The van der Waals surface area contributed by atoms with E-state index in [0.717, 1.165) is 52.4 Å². The summed E-state index contributed by atoms with van der Waals surface area (Å²) in [5.74, 6) is 1.02. The molecule has 2 heterocycles. The fourth-order valence-corrected chi connectivity index (χ4v) is 5.86. The van der Waals surface area contributed by atoms with Gasteiger partial charge in [0.2, 0.25) is 0 Å². The molecule has 1 N–H and O–H groups in total. The van der Waals surface area contributed by atoms with Crippen molar-refractivity contribution in [1.82, 2.24) is 0 Å². The number of hydrogen-bond donors (Lipinski definition) is 1. The van der Waals surface area contributed by atoms with Crippen LogP contribution < -0.4 is 15.0 Å². The number of ether oxygens (including phenoxy) is 3. The molecule has 2 aliphatic heterocycles. The highest BCUT2D eigenvalue weighted by Gasteiger charge is 2.53. The number of nitrogens with zero attached hydrogens (tertiary/aromatic N) is 1. The van der Waals surface area contributed by atoms with Crippen molar-refractivity contribution in [3.8, 4) is 11.5 Å². The zero-order valence-corrected chi connectivity index (χ0v) is 23.4. The molecule has 0 aliphatic carbocycles. The Labute approximate surface area is 235 Å². The van der Waals surface area contributed by atoms with Crippen LogP contribution in [-0.4, -0.2) is 31.8 Å². The third kappa shape index (κ3) is 4.29. The van der Waals surface area contributed by atoms with Crippen molar-refractivity contribution >= 4 is 23.0 Å². The molecular formula is C34H34N2O4. The lowest BCUT2D eigenvalue weighted by Crippen LogP contribution is -2.33. The first-order valence-electron chi connectivity index (χ1n) is 13.9. The molecule has 4 aromatic carbocycles. The molecule has 4 aromatic rings. The van der Waals surface area contributed by atoms with Gasteiger partial charge in [-0.3, -0.25) is 0 Å². The molecule has 204 valence electrons. The predicted molar refractivity (Wildman–Crippen MR) is 158 cm³/mol. The molecule has 0 radical (unpaired) electrons. The number of carbonyl (C=O) groups excluding carboxylic acids is 1. The molecule has 6 heteroatoms. The molecular weight excluding hydrogens is 500 g/mol. The van der Waals surface area contributed by atoms with Crippen molar-refractivity contribution in [2.24, 2.45) is 0 Å². The standard InChI is InChI=1S/C34H34N2O4/c1-5-36(21-23(4)38-6-2)25-17-15-22(3)30(20-25)35-24-16-18-32-29(19-24)34(28-13-9-10-14-31(28)39-32)27-12-8-7-11-26(27)33(37)40-34/h7-20,23,35H,5-6,21H2,1-4H3. The van der Waals surface area contributed by atoms with Crippen LogP contribution >= 0.6 is 0 Å². The van der Waals surface area contributed by atoms with Crippen molar-refractivity contribution < 1.29 is 19.0 Å². The quantitative estimate of drug-likeness (QED) is 0.236. The summed E-state index contributed by atoms with van der Waals surface area (Å²) in [7, 11) is 0. The summed E-state index contributed by atoms with van der Waals surface area (Å²) in [6, 6.07) is 27.9. The number of likely N-dealkylation sites (N-methyl/N-ethyl adjacent to an activating group) is 1. The number of esters is 1. The van der Waals surface area contributed by atoms with Gasteiger partial charge in [-0.25, -0.2) is 4.79 Å². The normalized spacial score (nSPS) is 17.4. The van der Waals surface area contributed by atoms with Crippen LogP contribution in [0.5, 0.6) is 11.5 Å². The van der Waals surface area contributed by atoms with E-state index < -0.39 is 5.60 Å². The summed E-state index contributed by atoms with van der Waals surface area (Å²) in [6.45, 7) is 10.8. The van der Waals surface area contributed by atoms with E-state index in [1.54, 1.807) is 0 Å². The van der Waals surface area contributed by atoms with E-state index in [0.29, 0.717) is 23.7 Å². The summed E-state index contributed by atoms with van der Waals surface area (Å²) >= 11 is 0. The van der Waals surface area contributed by atoms with Gasteiger partial charge in [0, 0.05) is 53.4 Å². The van der Waals surface area contributed by atoms with E-state index in [2.05, 4.69) is 49.2 Å². The predicted octanol–water partition coefficient (Wildman–Crippen LogP) is 7.56. The molecule has 0 bridgehead atoms. The van der Waals surface area contributed by atoms with E-state index in [-0.39, 0.29) is 12.1 Å².